The Morgan fingerprint density at radius 3 is 2.74 bits per heavy atom. The van der Waals surface area contributed by atoms with Crippen molar-refractivity contribution in [2.45, 2.75) is 20.4 Å². The number of carbonyl (C=O) groups is 2. The molecule has 6 nitrogen and oxygen atoms in total. The SMILES string of the molecule is COC(=O)c1ccc(CNCC(=O)NCC(C)C)[nH]1. The molecular weight excluding hydrogens is 246 g/mol. The number of nitrogens with one attached hydrogen (secondary N) is 3. The van der Waals surface area contributed by atoms with Crippen molar-refractivity contribution >= 4 is 11.9 Å². The summed E-state index contributed by atoms with van der Waals surface area (Å²) in [5.41, 5.74) is 1.24. The summed E-state index contributed by atoms with van der Waals surface area (Å²) in [6.45, 7) is 5.50. The first kappa shape index (κ1) is 15.2. The van der Waals surface area contributed by atoms with Gasteiger partial charge in [0.2, 0.25) is 5.91 Å². The van der Waals surface area contributed by atoms with Gasteiger partial charge in [-0.2, -0.15) is 0 Å². The Labute approximate surface area is 112 Å². The van der Waals surface area contributed by atoms with Crippen LogP contribution >= 0.6 is 0 Å². The van der Waals surface area contributed by atoms with Crippen molar-refractivity contribution in [2.75, 3.05) is 20.2 Å². The minimum atomic E-state index is -0.402. The number of aromatic nitrogens is 1. The molecule has 0 atom stereocenters. The van der Waals surface area contributed by atoms with Crippen LogP contribution in [0, 0.1) is 5.92 Å². The molecule has 1 heterocycles. The zero-order valence-corrected chi connectivity index (χ0v) is 11.6. The molecule has 0 bridgehead atoms. The first-order chi connectivity index (χ1) is 9.02. The molecule has 106 valence electrons. The van der Waals surface area contributed by atoms with Crippen LogP contribution in [0.1, 0.15) is 30.0 Å². The summed E-state index contributed by atoms with van der Waals surface area (Å²) in [5, 5.41) is 5.82. The van der Waals surface area contributed by atoms with Crippen molar-refractivity contribution < 1.29 is 14.3 Å². The Kier molecular flexibility index (Phi) is 6.08. The maximum atomic E-state index is 11.4. The standard InChI is InChI=1S/C13H21N3O3/c1-9(2)6-15-12(17)8-14-7-10-4-5-11(16-10)13(18)19-3/h4-5,9,14,16H,6-8H2,1-3H3,(H,15,17). The number of H-pyrrole nitrogens is 1. The van der Waals surface area contributed by atoms with Gasteiger partial charge in [0.25, 0.3) is 0 Å². The minimum absolute atomic E-state index is 0.0338. The van der Waals surface area contributed by atoms with Gasteiger partial charge in [0.1, 0.15) is 5.69 Å². The van der Waals surface area contributed by atoms with E-state index in [9.17, 15) is 9.59 Å². The van der Waals surface area contributed by atoms with Gasteiger partial charge < -0.3 is 20.4 Å². The van der Waals surface area contributed by atoms with Crippen LogP contribution in [0.5, 0.6) is 0 Å². The summed E-state index contributed by atoms with van der Waals surface area (Å²) < 4.78 is 4.59. The van der Waals surface area contributed by atoms with E-state index in [0.717, 1.165) is 5.69 Å². The third kappa shape index (κ3) is 5.56. The van der Waals surface area contributed by atoms with E-state index < -0.39 is 5.97 Å². The Morgan fingerprint density at radius 1 is 1.37 bits per heavy atom. The predicted molar refractivity (Wildman–Crippen MR) is 71.7 cm³/mol. The van der Waals surface area contributed by atoms with Gasteiger partial charge in [-0.3, -0.25) is 4.79 Å². The first-order valence-electron chi connectivity index (χ1n) is 6.26. The second kappa shape index (κ2) is 7.58. The van der Waals surface area contributed by atoms with Crippen molar-refractivity contribution in [1.82, 2.24) is 15.6 Å². The molecule has 1 aromatic rings. The molecule has 1 rings (SSSR count). The quantitative estimate of drug-likeness (QED) is 0.634. The number of esters is 1. The lowest BCUT2D eigenvalue weighted by Gasteiger charge is -2.08. The molecule has 0 aromatic carbocycles. The lowest BCUT2D eigenvalue weighted by molar-refractivity contribution is -0.120. The van der Waals surface area contributed by atoms with Crippen LogP contribution in [0.4, 0.5) is 0 Å². The van der Waals surface area contributed by atoms with E-state index in [1.165, 1.54) is 7.11 Å². The lowest BCUT2D eigenvalue weighted by Crippen LogP contribution is -2.35. The second-order valence-corrected chi connectivity index (χ2v) is 4.69. The second-order valence-electron chi connectivity index (χ2n) is 4.69. The topological polar surface area (TPSA) is 83.2 Å². The number of methoxy groups -OCH3 is 1. The van der Waals surface area contributed by atoms with E-state index in [-0.39, 0.29) is 12.5 Å². The average molecular weight is 267 g/mol. The zero-order valence-electron chi connectivity index (χ0n) is 11.6. The Balaban J connectivity index is 2.27. The van der Waals surface area contributed by atoms with E-state index in [4.69, 9.17) is 0 Å². The summed E-state index contributed by atoms with van der Waals surface area (Å²) in [5.74, 6) is 0.00402. The fourth-order valence-corrected chi connectivity index (χ4v) is 1.46. The minimum Gasteiger partial charge on any atom is -0.464 e. The summed E-state index contributed by atoms with van der Waals surface area (Å²) >= 11 is 0. The van der Waals surface area contributed by atoms with Gasteiger partial charge in [0.05, 0.1) is 13.7 Å². The molecule has 3 N–H and O–H groups in total. The molecule has 0 saturated carbocycles. The number of amides is 1. The Morgan fingerprint density at radius 2 is 2.11 bits per heavy atom. The van der Waals surface area contributed by atoms with Crippen molar-refractivity contribution in [3.8, 4) is 0 Å². The van der Waals surface area contributed by atoms with Gasteiger partial charge >= 0.3 is 5.97 Å². The fraction of sp³-hybridized carbons (Fsp3) is 0.538. The lowest BCUT2D eigenvalue weighted by atomic mass is 10.2. The summed E-state index contributed by atoms with van der Waals surface area (Å²) in [6.07, 6.45) is 0. The van der Waals surface area contributed by atoms with Crippen LogP contribution in [0.15, 0.2) is 12.1 Å². The molecule has 6 heteroatoms. The van der Waals surface area contributed by atoms with Crippen molar-refractivity contribution in [3.05, 3.63) is 23.5 Å². The number of hydrogen-bond acceptors (Lipinski definition) is 4. The molecule has 0 fully saturated rings. The van der Waals surface area contributed by atoms with Gasteiger partial charge in [0, 0.05) is 18.8 Å². The molecule has 0 saturated heterocycles. The van der Waals surface area contributed by atoms with Gasteiger partial charge in [-0.05, 0) is 18.1 Å². The highest BCUT2D eigenvalue weighted by Crippen LogP contribution is 2.02. The smallest absolute Gasteiger partial charge is 0.354 e. The van der Waals surface area contributed by atoms with Gasteiger partial charge in [-0.1, -0.05) is 13.8 Å². The van der Waals surface area contributed by atoms with Gasteiger partial charge in [-0.25, -0.2) is 4.79 Å². The molecule has 0 aliphatic rings. The highest BCUT2D eigenvalue weighted by Gasteiger charge is 2.08. The Bertz CT molecular complexity index is 427. The molecule has 0 unspecified atom stereocenters. The molecular formula is C13H21N3O3. The van der Waals surface area contributed by atoms with Crippen LogP contribution < -0.4 is 10.6 Å². The number of rotatable bonds is 7. The maximum absolute atomic E-state index is 11.4. The molecule has 0 radical (unpaired) electrons. The molecule has 0 spiro atoms. The number of ether oxygens (including phenoxy) is 1. The largest absolute Gasteiger partial charge is 0.464 e. The third-order valence-corrected chi connectivity index (χ3v) is 2.46. The first-order valence-corrected chi connectivity index (χ1v) is 6.26. The average Bonchev–Trinajstić information content (AvgIpc) is 2.84. The Hall–Kier alpha value is -1.82. The van der Waals surface area contributed by atoms with E-state index in [2.05, 4.69) is 20.4 Å². The molecule has 0 aliphatic carbocycles. The van der Waals surface area contributed by atoms with Crippen LogP contribution in [-0.4, -0.2) is 37.1 Å². The molecule has 1 amide bonds. The maximum Gasteiger partial charge on any atom is 0.354 e. The summed E-state index contributed by atoms with van der Waals surface area (Å²) in [7, 11) is 1.33. The molecule has 0 aliphatic heterocycles. The zero-order chi connectivity index (χ0) is 14.3. The van der Waals surface area contributed by atoms with Crippen molar-refractivity contribution in [3.63, 3.8) is 0 Å². The van der Waals surface area contributed by atoms with E-state index in [1.54, 1.807) is 12.1 Å². The van der Waals surface area contributed by atoms with E-state index in [1.807, 2.05) is 13.8 Å². The summed E-state index contributed by atoms with van der Waals surface area (Å²) in [4.78, 5) is 25.6. The fourth-order valence-electron chi connectivity index (χ4n) is 1.46. The predicted octanol–water partition coefficient (Wildman–Crippen LogP) is 0.663. The van der Waals surface area contributed by atoms with Gasteiger partial charge in [-0.15, -0.1) is 0 Å². The van der Waals surface area contributed by atoms with Crippen molar-refractivity contribution in [1.29, 1.82) is 0 Å². The van der Waals surface area contributed by atoms with Crippen LogP contribution in [0.3, 0.4) is 0 Å². The van der Waals surface area contributed by atoms with Crippen LogP contribution in [0.2, 0.25) is 0 Å². The molecule has 1 aromatic heterocycles. The van der Waals surface area contributed by atoms with Gasteiger partial charge in [0.15, 0.2) is 0 Å². The molecule has 19 heavy (non-hydrogen) atoms. The normalized spacial score (nSPS) is 10.5. The summed E-state index contributed by atoms with van der Waals surface area (Å²) in [6, 6.07) is 3.44. The van der Waals surface area contributed by atoms with E-state index in [0.29, 0.717) is 24.7 Å². The van der Waals surface area contributed by atoms with Crippen LogP contribution in [0.25, 0.3) is 0 Å². The number of aromatic amines is 1. The number of hydrogen-bond donors (Lipinski definition) is 3. The van der Waals surface area contributed by atoms with E-state index >= 15 is 0 Å². The third-order valence-electron chi connectivity index (χ3n) is 2.46. The monoisotopic (exact) mass is 267 g/mol. The highest BCUT2D eigenvalue weighted by atomic mass is 16.5. The van der Waals surface area contributed by atoms with Crippen LogP contribution in [-0.2, 0) is 16.1 Å². The van der Waals surface area contributed by atoms with Crippen molar-refractivity contribution in [2.24, 2.45) is 5.92 Å². The number of carbonyl (C=O) groups excluding carboxylic acids is 2. The highest BCUT2D eigenvalue weighted by molar-refractivity contribution is 5.87.